The molecule has 3 N–H and O–H groups in total. The molecule has 2 aromatic rings. The molecule has 2 rings (SSSR count). The van der Waals surface area contributed by atoms with Gasteiger partial charge in [-0.25, -0.2) is 0 Å². The zero-order chi connectivity index (χ0) is 14.7. The minimum Gasteiger partial charge on any atom is -0.272 e. The molecule has 0 saturated heterocycles. The number of nitrogens with zero attached hydrogens (tertiary/aromatic N) is 4. The molecule has 0 radical (unpaired) electrons. The Labute approximate surface area is 119 Å². The molecule has 2 heterocycles. The second-order valence-corrected chi connectivity index (χ2v) is 5.05. The fourth-order valence-corrected chi connectivity index (χ4v) is 2.51. The normalized spacial score (nSPS) is 12.8. The van der Waals surface area contributed by atoms with Crippen LogP contribution >= 0.6 is 0 Å². The van der Waals surface area contributed by atoms with E-state index in [9.17, 15) is 0 Å². The summed E-state index contributed by atoms with van der Waals surface area (Å²) in [5.41, 5.74) is 7.33. The van der Waals surface area contributed by atoms with Crippen molar-refractivity contribution in [3.8, 4) is 0 Å². The highest BCUT2D eigenvalue weighted by Gasteiger charge is 2.18. The third-order valence-electron chi connectivity index (χ3n) is 3.59. The number of aryl methyl sites for hydroxylation is 4. The van der Waals surface area contributed by atoms with Crippen LogP contribution in [0, 0.1) is 6.92 Å². The molecule has 20 heavy (non-hydrogen) atoms. The second-order valence-electron chi connectivity index (χ2n) is 5.05. The quantitative estimate of drug-likeness (QED) is 0.615. The van der Waals surface area contributed by atoms with Crippen molar-refractivity contribution in [2.45, 2.75) is 46.2 Å². The van der Waals surface area contributed by atoms with Gasteiger partial charge in [0.25, 0.3) is 0 Å². The van der Waals surface area contributed by atoms with Gasteiger partial charge >= 0.3 is 0 Å². The number of hydrogen-bond acceptors (Lipinski definition) is 4. The van der Waals surface area contributed by atoms with Gasteiger partial charge in [-0.2, -0.15) is 10.2 Å². The molecule has 1 unspecified atom stereocenters. The Balaban J connectivity index is 2.28. The smallest absolute Gasteiger partial charge is 0.0684 e. The monoisotopic (exact) mass is 276 g/mol. The van der Waals surface area contributed by atoms with Crippen LogP contribution in [0.3, 0.4) is 0 Å². The van der Waals surface area contributed by atoms with Gasteiger partial charge in [-0.1, -0.05) is 6.92 Å². The molecule has 2 aromatic heterocycles. The average Bonchev–Trinajstić information content (AvgIpc) is 2.99. The van der Waals surface area contributed by atoms with Gasteiger partial charge < -0.3 is 0 Å². The van der Waals surface area contributed by atoms with E-state index < -0.39 is 0 Å². The molecular formula is C14H24N6. The third kappa shape index (κ3) is 2.91. The van der Waals surface area contributed by atoms with E-state index in [-0.39, 0.29) is 6.04 Å². The van der Waals surface area contributed by atoms with Gasteiger partial charge in [0.15, 0.2) is 0 Å². The molecule has 0 spiro atoms. The Kier molecular flexibility index (Phi) is 4.57. The summed E-state index contributed by atoms with van der Waals surface area (Å²) in [5, 5.41) is 8.97. The lowest BCUT2D eigenvalue weighted by molar-refractivity contribution is 0.478. The lowest BCUT2D eigenvalue weighted by Gasteiger charge is -2.17. The summed E-state index contributed by atoms with van der Waals surface area (Å²) in [6.07, 6.45) is 1.73. The average molecular weight is 276 g/mol. The summed E-state index contributed by atoms with van der Waals surface area (Å²) in [7, 11) is 1.96. The Morgan fingerprint density at radius 2 is 2.05 bits per heavy atom. The second kappa shape index (κ2) is 6.19. The van der Waals surface area contributed by atoms with Gasteiger partial charge in [0.2, 0.25) is 0 Å². The minimum absolute atomic E-state index is 0.0394. The van der Waals surface area contributed by atoms with Crippen molar-refractivity contribution in [3.05, 3.63) is 34.9 Å². The predicted octanol–water partition coefficient (Wildman–Crippen LogP) is 1.25. The molecule has 1 atom stereocenters. The van der Waals surface area contributed by atoms with E-state index in [0.29, 0.717) is 0 Å². The molecule has 0 fully saturated rings. The summed E-state index contributed by atoms with van der Waals surface area (Å²) >= 11 is 0. The van der Waals surface area contributed by atoms with Crippen LogP contribution in [-0.4, -0.2) is 19.6 Å². The molecule has 0 amide bonds. The maximum absolute atomic E-state index is 5.76. The van der Waals surface area contributed by atoms with E-state index in [2.05, 4.69) is 41.6 Å². The summed E-state index contributed by atoms with van der Waals surface area (Å²) in [6, 6.07) is 4.27. The van der Waals surface area contributed by atoms with Crippen LogP contribution in [0.5, 0.6) is 0 Å². The Bertz CT molecular complexity index is 568. The van der Waals surface area contributed by atoms with Gasteiger partial charge in [-0.3, -0.25) is 20.6 Å². The van der Waals surface area contributed by atoms with Gasteiger partial charge in [-0.05, 0) is 32.4 Å². The molecule has 0 aliphatic rings. The molecule has 6 nitrogen and oxygen atoms in total. The molecule has 0 aliphatic heterocycles. The number of aromatic nitrogens is 4. The van der Waals surface area contributed by atoms with E-state index in [0.717, 1.165) is 42.2 Å². The maximum Gasteiger partial charge on any atom is 0.0684 e. The minimum atomic E-state index is 0.0394. The van der Waals surface area contributed by atoms with Crippen molar-refractivity contribution >= 4 is 0 Å². The van der Waals surface area contributed by atoms with E-state index in [1.807, 2.05) is 23.3 Å². The van der Waals surface area contributed by atoms with Gasteiger partial charge in [-0.15, -0.1) is 0 Å². The maximum atomic E-state index is 5.76. The Morgan fingerprint density at radius 1 is 1.30 bits per heavy atom. The first kappa shape index (κ1) is 14.7. The molecule has 110 valence electrons. The van der Waals surface area contributed by atoms with Crippen molar-refractivity contribution in [3.63, 3.8) is 0 Å². The van der Waals surface area contributed by atoms with Crippen LogP contribution in [0.4, 0.5) is 0 Å². The van der Waals surface area contributed by atoms with Gasteiger partial charge in [0.1, 0.15) is 0 Å². The summed E-state index contributed by atoms with van der Waals surface area (Å²) in [4.78, 5) is 0. The SMILES string of the molecule is CCc1cc(C(Cc2cc(C)nn2C)NN)n(CC)n1. The highest BCUT2D eigenvalue weighted by molar-refractivity contribution is 5.18. The van der Waals surface area contributed by atoms with Crippen LogP contribution in [0.2, 0.25) is 0 Å². The lowest BCUT2D eigenvalue weighted by atomic mass is 10.1. The Morgan fingerprint density at radius 3 is 2.55 bits per heavy atom. The van der Waals surface area contributed by atoms with Crippen LogP contribution < -0.4 is 11.3 Å². The van der Waals surface area contributed by atoms with Crippen molar-refractivity contribution in [2.24, 2.45) is 12.9 Å². The summed E-state index contributed by atoms with van der Waals surface area (Å²) in [5.74, 6) is 5.76. The van der Waals surface area contributed by atoms with E-state index >= 15 is 0 Å². The topological polar surface area (TPSA) is 73.7 Å². The van der Waals surface area contributed by atoms with Crippen LogP contribution in [0.1, 0.15) is 42.7 Å². The number of nitrogens with one attached hydrogen (secondary N) is 1. The summed E-state index contributed by atoms with van der Waals surface area (Å²) in [6.45, 7) is 7.05. The van der Waals surface area contributed by atoms with E-state index in [1.54, 1.807) is 0 Å². The third-order valence-corrected chi connectivity index (χ3v) is 3.59. The number of rotatable bonds is 6. The number of hydrogen-bond donors (Lipinski definition) is 2. The highest BCUT2D eigenvalue weighted by atomic mass is 15.3. The van der Waals surface area contributed by atoms with Crippen LogP contribution in [0.25, 0.3) is 0 Å². The molecule has 0 bridgehead atoms. The molecule has 0 aliphatic carbocycles. The zero-order valence-electron chi connectivity index (χ0n) is 12.7. The van der Waals surface area contributed by atoms with Gasteiger partial charge in [0.05, 0.1) is 23.1 Å². The van der Waals surface area contributed by atoms with Crippen molar-refractivity contribution < 1.29 is 0 Å². The number of nitrogens with two attached hydrogens (primary N) is 1. The van der Waals surface area contributed by atoms with Crippen LogP contribution in [-0.2, 0) is 26.4 Å². The lowest BCUT2D eigenvalue weighted by Crippen LogP contribution is -2.31. The Hall–Kier alpha value is -1.66. The summed E-state index contributed by atoms with van der Waals surface area (Å²) < 4.78 is 3.93. The first-order valence-corrected chi connectivity index (χ1v) is 7.11. The first-order valence-electron chi connectivity index (χ1n) is 7.11. The first-order chi connectivity index (χ1) is 9.58. The van der Waals surface area contributed by atoms with E-state index in [1.165, 1.54) is 0 Å². The van der Waals surface area contributed by atoms with Crippen molar-refractivity contribution in [1.29, 1.82) is 0 Å². The highest BCUT2D eigenvalue weighted by Crippen LogP contribution is 2.19. The largest absolute Gasteiger partial charge is 0.272 e. The van der Waals surface area contributed by atoms with E-state index in [4.69, 9.17) is 5.84 Å². The van der Waals surface area contributed by atoms with Crippen molar-refractivity contribution in [1.82, 2.24) is 25.0 Å². The fourth-order valence-electron chi connectivity index (χ4n) is 2.51. The van der Waals surface area contributed by atoms with Crippen molar-refractivity contribution in [2.75, 3.05) is 0 Å². The fraction of sp³-hybridized carbons (Fsp3) is 0.571. The van der Waals surface area contributed by atoms with Crippen LogP contribution in [0.15, 0.2) is 12.1 Å². The molecule has 0 saturated carbocycles. The molecule has 6 heteroatoms. The molecule has 0 aromatic carbocycles. The standard InChI is InChI=1S/C14H24N6/c1-5-11-8-14(20(6-2)18-11)13(16-15)9-12-7-10(3)17-19(12)4/h7-8,13,16H,5-6,9,15H2,1-4H3. The molecular weight excluding hydrogens is 252 g/mol. The van der Waals surface area contributed by atoms with Gasteiger partial charge in [0, 0.05) is 25.7 Å². The predicted molar refractivity (Wildman–Crippen MR) is 79.0 cm³/mol. The zero-order valence-corrected chi connectivity index (χ0v) is 12.7. The number of hydrazine groups is 1.